The fourth-order valence-corrected chi connectivity index (χ4v) is 1.89. The van der Waals surface area contributed by atoms with Gasteiger partial charge in [-0.2, -0.15) is 4.98 Å². The first-order valence-electron chi connectivity index (χ1n) is 5.55. The van der Waals surface area contributed by atoms with Crippen molar-refractivity contribution < 1.29 is 18.6 Å². The van der Waals surface area contributed by atoms with Gasteiger partial charge in [0, 0.05) is 17.3 Å². The maximum atomic E-state index is 13.7. The van der Waals surface area contributed by atoms with Gasteiger partial charge in [0.05, 0.1) is 12.9 Å². The van der Waals surface area contributed by atoms with Gasteiger partial charge in [-0.1, -0.05) is 0 Å². The van der Waals surface area contributed by atoms with Crippen LogP contribution in [-0.4, -0.2) is 33.5 Å². The maximum Gasteiger partial charge on any atom is 0.351 e. The third kappa shape index (κ3) is 2.24. The summed E-state index contributed by atoms with van der Waals surface area (Å²) in [5, 5.41) is 8.94. The van der Waals surface area contributed by atoms with Crippen LogP contribution in [0.4, 0.5) is 14.6 Å². The number of halogens is 2. The van der Waals surface area contributed by atoms with Crippen LogP contribution in [0.15, 0.2) is 22.9 Å². The summed E-state index contributed by atoms with van der Waals surface area (Å²) in [5.41, 5.74) is 4.80. The van der Waals surface area contributed by atoms with E-state index in [1.807, 2.05) is 0 Å². The predicted molar refractivity (Wildman–Crippen MR) is 62.7 cm³/mol. The molecule has 0 saturated carbocycles. The highest BCUT2D eigenvalue weighted by molar-refractivity contribution is 5.35. The third-order valence-electron chi connectivity index (χ3n) is 2.97. The highest BCUT2D eigenvalue weighted by Crippen LogP contribution is 2.35. The molecule has 0 radical (unpaired) electrons. The summed E-state index contributed by atoms with van der Waals surface area (Å²) in [4.78, 5) is 15.2. The Morgan fingerprint density at radius 2 is 2.37 bits per heavy atom. The molecule has 3 N–H and O–H groups in total. The van der Waals surface area contributed by atoms with Gasteiger partial charge in [0.15, 0.2) is 12.4 Å². The lowest BCUT2D eigenvalue weighted by molar-refractivity contribution is -0.0322. The van der Waals surface area contributed by atoms with E-state index >= 15 is 0 Å². The zero-order chi connectivity index (χ0) is 14.2. The molecule has 0 bridgehead atoms. The fourth-order valence-electron chi connectivity index (χ4n) is 1.89. The summed E-state index contributed by atoms with van der Waals surface area (Å²) in [6.45, 7) is 0.980. The van der Waals surface area contributed by atoms with Gasteiger partial charge >= 0.3 is 5.69 Å². The molecule has 19 heavy (non-hydrogen) atoms. The lowest BCUT2D eigenvalue weighted by Crippen LogP contribution is -2.29. The average Bonchev–Trinajstić information content (AvgIpc) is 2.70. The second-order valence-corrected chi connectivity index (χ2v) is 4.22. The molecule has 6 nitrogen and oxygen atoms in total. The molecule has 2 rings (SSSR count). The number of rotatable bonds is 2. The summed E-state index contributed by atoms with van der Waals surface area (Å²) >= 11 is 0. The van der Waals surface area contributed by atoms with E-state index in [-0.39, 0.29) is 17.7 Å². The number of alkyl halides is 1. The normalized spacial score (nSPS) is 29.1. The van der Waals surface area contributed by atoms with Gasteiger partial charge in [0.1, 0.15) is 11.9 Å². The van der Waals surface area contributed by atoms with Gasteiger partial charge in [-0.15, -0.1) is 0 Å². The van der Waals surface area contributed by atoms with Crippen molar-refractivity contribution in [1.29, 1.82) is 0 Å². The minimum absolute atomic E-state index is 0.0422. The molecule has 0 aromatic carbocycles. The topological polar surface area (TPSA) is 90.4 Å². The first-order valence-corrected chi connectivity index (χ1v) is 5.55. The number of nitrogen functional groups attached to an aromatic ring is 1. The van der Waals surface area contributed by atoms with Crippen LogP contribution in [0.1, 0.15) is 11.8 Å². The van der Waals surface area contributed by atoms with Crippen molar-refractivity contribution in [2.45, 2.75) is 25.4 Å². The minimum atomic E-state index is -1.82. The number of hydrogen-bond acceptors (Lipinski definition) is 5. The lowest BCUT2D eigenvalue weighted by Gasteiger charge is -2.15. The van der Waals surface area contributed by atoms with Gasteiger partial charge in [-0.05, 0) is 6.92 Å². The van der Waals surface area contributed by atoms with Crippen LogP contribution in [0.3, 0.4) is 0 Å². The van der Waals surface area contributed by atoms with Crippen LogP contribution >= 0.6 is 0 Å². The number of nitrogens with two attached hydrogens (primary N) is 1. The van der Waals surface area contributed by atoms with E-state index in [0.29, 0.717) is 5.56 Å². The van der Waals surface area contributed by atoms with Gasteiger partial charge in [0.2, 0.25) is 0 Å². The molecule has 1 aromatic heterocycles. The molecule has 0 spiro atoms. The molecule has 1 fully saturated rings. The fraction of sp³-hybridized carbons (Fsp3) is 0.455. The van der Waals surface area contributed by atoms with Crippen molar-refractivity contribution in [3.63, 3.8) is 0 Å². The number of nitrogens with zero attached hydrogens (tertiary/aromatic N) is 2. The number of aliphatic hydroxyl groups is 1. The van der Waals surface area contributed by atoms with Crippen LogP contribution < -0.4 is 11.4 Å². The Morgan fingerprint density at radius 1 is 1.68 bits per heavy atom. The van der Waals surface area contributed by atoms with Crippen molar-refractivity contribution >= 4 is 5.82 Å². The van der Waals surface area contributed by atoms with Gasteiger partial charge in [-0.25, -0.2) is 13.6 Å². The maximum absolute atomic E-state index is 13.7. The van der Waals surface area contributed by atoms with Crippen molar-refractivity contribution in [1.82, 2.24) is 9.55 Å². The predicted octanol–water partition coefficient (Wildman–Crippen LogP) is 0.215. The summed E-state index contributed by atoms with van der Waals surface area (Å²) < 4.78 is 32.6. The van der Waals surface area contributed by atoms with E-state index in [2.05, 4.69) is 4.98 Å². The van der Waals surface area contributed by atoms with Crippen LogP contribution in [0.25, 0.3) is 0 Å². The highest BCUT2D eigenvalue weighted by atomic mass is 19.1. The summed E-state index contributed by atoms with van der Waals surface area (Å²) in [6, 6.07) is 0. The molecule has 8 heteroatoms. The second kappa shape index (κ2) is 5.06. The first kappa shape index (κ1) is 13.6. The van der Waals surface area contributed by atoms with Crippen molar-refractivity contribution in [3.8, 4) is 0 Å². The average molecular weight is 273 g/mol. The van der Waals surface area contributed by atoms with E-state index < -0.39 is 30.8 Å². The number of ether oxygens (including phenoxy) is 1. The molecular formula is C11H13F2N3O3. The summed E-state index contributed by atoms with van der Waals surface area (Å²) in [7, 11) is 0. The Hall–Kier alpha value is -1.80. The number of hydrogen-bond donors (Lipinski definition) is 2. The monoisotopic (exact) mass is 273 g/mol. The van der Waals surface area contributed by atoms with Crippen molar-refractivity contribution in [2.75, 3.05) is 12.3 Å². The second-order valence-electron chi connectivity index (χ2n) is 4.22. The first-order chi connectivity index (χ1) is 8.99. The molecule has 3 unspecified atom stereocenters. The lowest BCUT2D eigenvalue weighted by atomic mass is 10.1. The van der Waals surface area contributed by atoms with E-state index in [1.165, 1.54) is 6.20 Å². The Bertz CT molecular complexity index is 573. The molecule has 0 aliphatic carbocycles. The molecule has 1 aliphatic heterocycles. The zero-order valence-corrected chi connectivity index (χ0v) is 10.1. The van der Waals surface area contributed by atoms with Crippen LogP contribution in [-0.2, 0) is 4.74 Å². The Morgan fingerprint density at radius 3 is 2.95 bits per heavy atom. The van der Waals surface area contributed by atoms with Crippen LogP contribution in [0.2, 0.25) is 0 Å². The Balaban J connectivity index is 2.47. The molecule has 104 valence electrons. The Labute approximate surface area is 107 Å². The van der Waals surface area contributed by atoms with Crippen molar-refractivity contribution in [3.05, 3.63) is 34.1 Å². The molecule has 3 atom stereocenters. The van der Waals surface area contributed by atoms with E-state index in [9.17, 15) is 13.6 Å². The number of aryl methyl sites for hydroxylation is 1. The smallest absolute Gasteiger partial charge is 0.351 e. The van der Waals surface area contributed by atoms with Crippen molar-refractivity contribution in [2.24, 2.45) is 0 Å². The van der Waals surface area contributed by atoms with E-state index in [1.54, 1.807) is 6.92 Å². The number of aromatic nitrogens is 2. The Kier molecular flexibility index (Phi) is 3.63. The molecule has 0 amide bonds. The SMILES string of the molecule is Cc1cn(C2OC(CO)C(F)C2=CF)c(=O)nc1N. The van der Waals surface area contributed by atoms with Gasteiger partial charge in [-0.3, -0.25) is 4.57 Å². The van der Waals surface area contributed by atoms with E-state index in [4.69, 9.17) is 15.6 Å². The van der Waals surface area contributed by atoms with E-state index in [0.717, 1.165) is 4.57 Å². The molecule has 1 aromatic rings. The number of aliphatic hydroxyl groups excluding tert-OH is 1. The minimum Gasteiger partial charge on any atom is -0.394 e. The molecule has 1 aliphatic rings. The van der Waals surface area contributed by atoms with Gasteiger partial charge in [0.25, 0.3) is 0 Å². The summed E-state index contributed by atoms with van der Waals surface area (Å²) in [6.07, 6.45) is -2.94. The molecule has 2 heterocycles. The van der Waals surface area contributed by atoms with Crippen LogP contribution in [0.5, 0.6) is 0 Å². The largest absolute Gasteiger partial charge is 0.394 e. The quantitative estimate of drug-likeness (QED) is 0.804. The third-order valence-corrected chi connectivity index (χ3v) is 2.97. The van der Waals surface area contributed by atoms with Gasteiger partial charge < -0.3 is 15.6 Å². The summed E-state index contributed by atoms with van der Waals surface area (Å²) in [5.74, 6) is 0.0422. The zero-order valence-electron chi connectivity index (χ0n) is 10.1. The number of anilines is 1. The highest BCUT2D eigenvalue weighted by Gasteiger charge is 2.41. The van der Waals surface area contributed by atoms with Crippen LogP contribution in [0, 0.1) is 6.92 Å². The standard InChI is InChI=1S/C11H13F2N3O3/c1-5-3-16(11(18)15-9(5)14)10-6(2-12)8(13)7(4-17)19-10/h2-3,7-8,10,17H,4H2,1H3,(H2,14,15,18). The molecule has 1 saturated heterocycles. The molecular weight excluding hydrogens is 260 g/mol.